The number of nitrogens with one attached hydrogen (secondary N) is 1. The second kappa shape index (κ2) is 4.02. The van der Waals surface area contributed by atoms with Gasteiger partial charge in [-0.2, -0.15) is 0 Å². The molecule has 0 aliphatic rings. The number of fused-ring (bicyclic) bond motifs is 1. The van der Waals surface area contributed by atoms with Crippen molar-refractivity contribution in [2.45, 2.75) is 0 Å². The maximum absolute atomic E-state index is 12.0. The highest BCUT2D eigenvalue weighted by molar-refractivity contribution is 7.13. The molecule has 0 fully saturated rings. The van der Waals surface area contributed by atoms with Crippen LogP contribution in [0, 0.1) is 0 Å². The Labute approximate surface area is 106 Å². The van der Waals surface area contributed by atoms with Crippen LogP contribution in [0.2, 0.25) is 5.02 Å². The first-order chi connectivity index (χ1) is 8.24. The van der Waals surface area contributed by atoms with Gasteiger partial charge >= 0.3 is 0 Å². The normalized spacial score (nSPS) is 10.9. The third kappa shape index (κ3) is 1.88. The van der Waals surface area contributed by atoms with Crippen molar-refractivity contribution in [1.82, 2.24) is 4.98 Å². The highest BCUT2D eigenvalue weighted by atomic mass is 35.5. The lowest BCUT2D eigenvalue weighted by Gasteiger charge is -2.02. The molecule has 4 heteroatoms. The summed E-state index contributed by atoms with van der Waals surface area (Å²) < 4.78 is 0. The van der Waals surface area contributed by atoms with Crippen molar-refractivity contribution in [2.24, 2.45) is 0 Å². The van der Waals surface area contributed by atoms with Crippen LogP contribution < -0.4 is 5.43 Å². The van der Waals surface area contributed by atoms with Gasteiger partial charge in [0.2, 0.25) is 0 Å². The van der Waals surface area contributed by atoms with E-state index in [2.05, 4.69) is 4.98 Å². The van der Waals surface area contributed by atoms with Crippen LogP contribution in [0.15, 0.2) is 46.6 Å². The Morgan fingerprint density at radius 2 is 2.06 bits per heavy atom. The summed E-state index contributed by atoms with van der Waals surface area (Å²) in [6.45, 7) is 0. The molecule has 0 aliphatic carbocycles. The molecule has 17 heavy (non-hydrogen) atoms. The fraction of sp³-hybridized carbons (Fsp3) is 0. The Morgan fingerprint density at radius 3 is 2.82 bits per heavy atom. The molecule has 2 heterocycles. The van der Waals surface area contributed by atoms with E-state index in [1.54, 1.807) is 29.5 Å². The summed E-state index contributed by atoms with van der Waals surface area (Å²) >= 11 is 7.48. The van der Waals surface area contributed by atoms with Crippen LogP contribution >= 0.6 is 22.9 Å². The van der Waals surface area contributed by atoms with E-state index in [0.717, 1.165) is 16.1 Å². The molecule has 0 aliphatic heterocycles. The summed E-state index contributed by atoms with van der Waals surface area (Å²) in [5.41, 5.74) is 1.65. The summed E-state index contributed by atoms with van der Waals surface area (Å²) in [7, 11) is 0. The standard InChI is InChI=1S/C13H8ClNOS/c14-8-3-4-10-9(6-8)12(16)7-11(15-10)13-2-1-5-17-13/h1-7H,(H,15,16). The number of aromatic nitrogens is 1. The second-order valence-corrected chi connectivity index (χ2v) is 5.10. The number of thiophene rings is 1. The first kappa shape index (κ1) is 10.6. The Kier molecular flexibility index (Phi) is 2.50. The van der Waals surface area contributed by atoms with Crippen molar-refractivity contribution < 1.29 is 0 Å². The molecule has 3 aromatic rings. The molecule has 0 saturated carbocycles. The minimum absolute atomic E-state index is 0.00958. The number of hydrogen-bond acceptors (Lipinski definition) is 2. The van der Waals surface area contributed by atoms with Gasteiger partial charge in [-0.3, -0.25) is 4.79 Å². The van der Waals surface area contributed by atoms with Gasteiger partial charge < -0.3 is 4.98 Å². The minimum atomic E-state index is -0.00958. The van der Waals surface area contributed by atoms with Crippen molar-refractivity contribution in [3.63, 3.8) is 0 Å². The monoisotopic (exact) mass is 261 g/mol. The van der Waals surface area contributed by atoms with Crippen molar-refractivity contribution in [3.05, 3.63) is 57.0 Å². The SMILES string of the molecule is O=c1cc(-c2cccs2)[nH]c2ccc(Cl)cc12. The average Bonchev–Trinajstić information content (AvgIpc) is 2.83. The molecule has 0 spiro atoms. The van der Waals surface area contributed by atoms with Crippen molar-refractivity contribution in [2.75, 3.05) is 0 Å². The molecular weight excluding hydrogens is 254 g/mol. The fourth-order valence-corrected chi connectivity index (χ4v) is 2.65. The van der Waals surface area contributed by atoms with Crippen LogP contribution in [0.1, 0.15) is 0 Å². The Morgan fingerprint density at radius 1 is 1.18 bits per heavy atom. The third-order valence-corrected chi connectivity index (χ3v) is 3.72. The summed E-state index contributed by atoms with van der Waals surface area (Å²) in [6, 6.07) is 10.9. The highest BCUT2D eigenvalue weighted by Crippen LogP contribution is 2.24. The van der Waals surface area contributed by atoms with E-state index < -0.39 is 0 Å². The molecule has 3 rings (SSSR count). The molecule has 1 aromatic carbocycles. The quantitative estimate of drug-likeness (QED) is 0.708. The lowest BCUT2D eigenvalue weighted by molar-refractivity contribution is 1.40. The summed E-state index contributed by atoms with van der Waals surface area (Å²) in [4.78, 5) is 16.3. The molecule has 2 aromatic heterocycles. The molecule has 0 atom stereocenters. The van der Waals surface area contributed by atoms with Gasteiger partial charge in [-0.05, 0) is 29.6 Å². The van der Waals surface area contributed by atoms with Gasteiger partial charge in [0.25, 0.3) is 0 Å². The van der Waals surface area contributed by atoms with E-state index in [9.17, 15) is 4.79 Å². The predicted molar refractivity (Wildman–Crippen MR) is 72.9 cm³/mol. The zero-order chi connectivity index (χ0) is 11.8. The second-order valence-electron chi connectivity index (χ2n) is 3.71. The number of benzene rings is 1. The average molecular weight is 262 g/mol. The van der Waals surface area contributed by atoms with Crippen molar-refractivity contribution in [3.8, 4) is 10.6 Å². The van der Waals surface area contributed by atoms with E-state index in [1.165, 1.54) is 0 Å². The minimum Gasteiger partial charge on any atom is -0.354 e. The number of H-pyrrole nitrogens is 1. The van der Waals surface area contributed by atoms with E-state index in [-0.39, 0.29) is 5.43 Å². The Bertz CT molecular complexity index is 731. The topological polar surface area (TPSA) is 32.9 Å². The van der Waals surface area contributed by atoms with E-state index in [4.69, 9.17) is 11.6 Å². The van der Waals surface area contributed by atoms with E-state index >= 15 is 0 Å². The number of hydrogen-bond donors (Lipinski definition) is 1. The first-order valence-electron chi connectivity index (χ1n) is 5.10. The lowest BCUT2D eigenvalue weighted by atomic mass is 10.2. The fourth-order valence-electron chi connectivity index (χ4n) is 1.78. The lowest BCUT2D eigenvalue weighted by Crippen LogP contribution is -2.02. The zero-order valence-electron chi connectivity index (χ0n) is 8.74. The highest BCUT2D eigenvalue weighted by Gasteiger charge is 2.05. The summed E-state index contributed by atoms with van der Waals surface area (Å²) in [5, 5.41) is 3.18. The van der Waals surface area contributed by atoms with Gasteiger partial charge in [-0.15, -0.1) is 11.3 Å². The van der Waals surface area contributed by atoms with Crippen LogP contribution in [0.25, 0.3) is 21.5 Å². The molecule has 0 radical (unpaired) electrons. The molecule has 84 valence electrons. The maximum Gasteiger partial charge on any atom is 0.190 e. The molecular formula is C13H8ClNOS. The van der Waals surface area contributed by atoms with Gasteiger partial charge in [-0.1, -0.05) is 17.7 Å². The largest absolute Gasteiger partial charge is 0.354 e. The van der Waals surface area contributed by atoms with Crippen molar-refractivity contribution >= 4 is 33.8 Å². The Hall–Kier alpha value is -1.58. The van der Waals surface area contributed by atoms with Crippen LogP contribution in [-0.2, 0) is 0 Å². The van der Waals surface area contributed by atoms with Gasteiger partial charge in [0.05, 0.1) is 10.6 Å². The van der Waals surface area contributed by atoms with E-state index in [1.807, 2.05) is 23.6 Å². The van der Waals surface area contributed by atoms with Gasteiger partial charge in [0.1, 0.15) is 0 Å². The number of rotatable bonds is 1. The number of aromatic amines is 1. The Balaban J connectivity index is 2.32. The molecule has 0 amide bonds. The first-order valence-corrected chi connectivity index (χ1v) is 6.36. The van der Waals surface area contributed by atoms with E-state index in [0.29, 0.717) is 10.4 Å². The molecule has 0 bridgehead atoms. The molecule has 0 unspecified atom stereocenters. The predicted octanol–water partition coefficient (Wildman–Crippen LogP) is 3.91. The zero-order valence-corrected chi connectivity index (χ0v) is 10.3. The van der Waals surface area contributed by atoms with Crippen LogP contribution in [0.3, 0.4) is 0 Å². The van der Waals surface area contributed by atoms with Crippen LogP contribution in [0.4, 0.5) is 0 Å². The third-order valence-electron chi connectivity index (χ3n) is 2.58. The van der Waals surface area contributed by atoms with Gasteiger partial charge in [0.15, 0.2) is 5.43 Å². The smallest absolute Gasteiger partial charge is 0.190 e. The number of pyridine rings is 1. The maximum atomic E-state index is 12.0. The molecule has 2 nitrogen and oxygen atoms in total. The van der Waals surface area contributed by atoms with Gasteiger partial charge in [-0.25, -0.2) is 0 Å². The molecule has 0 saturated heterocycles. The number of halogens is 1. The van der Waals surface area contributed by atoms with Crippen LogP contribution in [-0.4, -0.2) is 4.98 Å². The summed E-state index contributed by atoms with van der Waals surface area (Å²) in [5.74, 6) is 0. The molecule has 1 N–H and O–H groups in total. The van der Waals surface area contributed by atoms with Gasteiger partial charge in [0, 0.05) is 22.0 Å². The summed E-state index contributed by atoms with van der Waals surface area (Å²) in [6.07, 6.45) is 0. The van der Waals surface area contributed by atoms with Crippen LogP contribution in [0.5, 0.6) is 0 Å². The van der Waals surface area contributed by atoms with Crippen molar-refractivity contribution in [1.29, 1.82) is 0 Å².